The molecule has 1 aromatic heterocycles. The van der Waals surface area contributed by atoms with E-state index in [0.29, 0.717) is 35.5 Å². The maximum absolute atomic E-state index is 13.7. The molecule has 0 spiro atoms. The molecule has 1 aliphatic carbocycles. The van der Waals surface area contributed by atoms with Crippen LogP contribution in [-0.2, 0) is 17.8 Å². The van der Waals surface area contributed by atoms with Crippen molar-refractivity contribution < 1.29 is 18.7 Å². The van der Waals surface area contributed by atoms with Crippen LogP contribution in [0.2, 0.25) is 0 Å². The fourth-order valence-corrected chi connectivity index (χ4v) is 5.19. The first-order chi connectivity index (χ1) is 17.4. The van der Waals surface area contributed by atoms with Crippen LogP contribution in [0.25, 0.3) is 0 Å². The molecule has 1 atom stereocenters. The smallest absolute Gasteiger partial charge is 0.270 e. The summed E-state index contributed by atoms with van der Waals surface area (Å²) in [6.45, 7) is 5.58. The van der Waals surface area contributed by atoms with Gasteiger partial charge in [0.05, 0.1) is 6.04 Å². The average Bonchev–Trinajstić information content (AvgIpc) is 3.62. The number of carbonyl (C=O) groups is 2. The average molecular weight is 508 g/mol. The third-order valence-electron chi connectivity index (χ3n) is 6.56. The third kappa shape index (κ3) is 5.43. The van der Waals surface area contributed by atoms with Gasteiger partial charge in [0.15, 0.2) is 0 Å². The molecular weight excluding hydrogens is 477 g/mol. The van der Waals surface area contributed by atoms with Gasteiger partial charge in [-0.1, -0.05) is 32.0 Å². The van der Waals surface area contributed by atoms with Gasteiger partial charge in [-0.15, -0.1) is 11.3 Å². The van der Waals surface area contributed by atoms with Crippen molar-refractivity contribution in [3.8, 4) is 5.75 Å². The Bertz CT molecular complexity index is 1250. The summed E-state index contributed by atoms with van der Waals surface area (Å²) in [6.07, 6.45) is 2.65. The third-order valence-corrected chi connectivity index (χ3v) is 7.38. The van der Waals surface area contributed by atoms with Crippen molar-refractivity contribution in [1.82, 2.24) is 15.2 Å². The van der Waals surface area contributed by atoms with E-state index in [4.69, 9.17) is 4.74 Å². The van der Waals surface area contributed by atoms with Gasteiger partial charge in [-0.05, 0) is 66.1 Å². The SMILES string of the molecule is CC(C)CNC(=O)c1csc(COc2ccc3c(c2)C(c2ccc(F)cc2)N(C(=O)C2CC2)CC3)n1. The summed E-state index contributed by atoms with van der Waals surface area (Å²) in [5.74, 6) is 0.838. The zero-order valence-electron chi connectivity index (χ0n) is 20.5. The number of rotatable bonds is 8. The van der Waals surface area contributed by atoms with E-state index in [0.717, 1.165) is 36.0 Å². The van der Waals surface area contributed by atoms with Crippen LogP contribution in [0.3, 0.4) is 0 Å². The van der Waals surface area contributed by atoms with Gasteiger partial charge in [0, 0.05) is 24.4 Å². The molecule has 36 heavy (non-hydrogen) atoms. The predicted molar refractivity (Wildman–Crippen MR) is 136 cm³/mol. The number of carbonyl (C=O) groups excluding carboxylic acids is 2. The molecule has 2 aliphatic rings. The second-order valence-corrected chi connectivity index (χ2v) is 10.8. The zero-order chi connectivity index (χ0) is 25.2. The van der Waals surface area contributed by atoms with Crippen molar-refractivity contribution in [2.75, 3.05) is 13.1 Å². The van der Waals surface area contributed by atoms with Gasteiger partial charge in [0.25, 0.3) is 5.91 Å². The Labute approximate surface area is 214 Å². The Balaban J connectivity index is 1.35. The Morgan fingerprint density at radius 2 is 1.97 bits per heavy atom. The highest BCUT2D eigenvalue weighted by Gasteiger charge is 2.39. The van der Waals surface area contributed by atoms with Crippen molar-refractivity contribution in [2.45, 2.75) is 45.8 Å². The molecule has 6 nitrogen and oxygen atoms in total. The lowest BCUT2D eigenvalue weighted by atomic mass is 9.87. The lowest BCUT2D eigenvalue weighted by molar-refractivity contribution is -0.134. The van der Waals surface area contributed by atoms with Crippen LogP contribution in [-0.4, -0.2) is 34.8 Å². The van der Waals surface area contributed by atoms with Crippen LogP contribution < -0.4 is 10.1 Å². The Morgan fingerprint density at radius 3 is 2.69 bits per heavy atom. The fourth-order valence-electron chi connectivity index (χ4n) is 4.50. The number of fused-ring (bicyclic) bond motifs is 1. The number of benzene rings is 2. The highest BCUT2D eigenvalue weighted by molar-refractivity contribution is 7.09. The topological polar surface area (TPSA) is 71.5 Å². The van der Waals surface area contributed by atoms with Crippen LogP contribution in [0, 0.1) is 17.7 Å². The van der Waals surface area contributed by atoms with Crippen LogP contribution in [0.5, 0.6) is 5.75 Å². The number of halogens is 1. The molecule has 1 N–H and O–H groups in total. The molecule has 3 aromatic rings. The number of amides is 2. The Hall–Kier alpha value is -3.26. The van der Waals surface area contributed by atoms with Crippen LogP contribution in [0.1, 0.15) is 64.9 Å². The fraction of sp³-hybridized carbons (Fsp3) is 0.393. The summed E-state index contributed by atoms with van der Waals surface area (Å²) in [5.41, 5.74) is 3.46. The summed E-state index contributed by atoms with van der Waals surface area (Å²) < 4.78 is 19.7. The highest BCUT2D eigenvalue weighted by Crippen LogP contribution is 2.41. The quantitative estimate of drug-likeness (QED) is 0.459. The second kappa shape index (κ2) is 10.4. The summed E-state index contributed by atoms with van der Waals surface area (Å²) in [6, 6.07) is 12.1. The Morgan fingerprint density at radius 1 is 1.19 bits per heavy atom. The van der Waals surface area contributed by atoms with Gasteiger partial charge < -0.3 is 15.0 Å². The second-order valence-electron chi connectivity index (χ2n) is 9.89. The van der Waals surface area contributed by atoms with E-state index in [9.17, 15) is 14.0 Å². The van der Waals surface area contributed by atoms with Crippen molar-refractivity contribution in [2.24, 2.45) is 11.8 Å². The van der Waals surface area contributed by atoms with Crippen molar-refractivity contribution >= 4 is 23.2 Å². The standard InChI is InChI=1S/C28H30FN3O3S/c1-17(2)14-30-27(33)24-16-36-25(31-24)15-35-22-10-7-18-11-12-32(28(34)20-3-4-20)26(23(18)13-22)19-5-8-21(29)9-6-19/h5-10,13,16-17,20,26H,3-4,11-12,14-15H2,1-2H3,(H,30,33). The van der Waals surface area contributed by atoms with E-state index in [2.05, 4.69) is 10.3 Å². The van der Waals surface area contributed by atoms with Gasteiger partial charge in [-0.3, -0.25) is 9.59 Å². The molecular formula is C28H30FN3O3S. The molecule has 188 valence electrons. The van der Waals surface area contributed by atoms with E-state index < -0.39 is 0 Å². The minimum atomic E-state index is -0.298. The number of nitrogens with zero attached hydrogens (tertiary/aromatic N) is 2. The molecule has 2 aromatic carbocycles. The minimum absolute atomic E-state index is 0.103. The first-order valence-electron chi connectivity index (χ1n) is 12.4. The molecule has 0 radical (unpaired) electrons. The maximum Gasteiger partial charge on any atom is 0.270 e. The molecule has 2 heterocycles. The number of aromatic nitrogens is 1. The lowest BCUT2D eigenvalue weighted by Gasteiger charge is -2.38. The lowest BCUT2D eigenvalue weighted by Crippen LogP contribution is -2.41. The molecule has 8 heteroatoms. The number of hydrogen-bond donors (Lipinski definition) is 1. The van der Waals surface area contributed by atoms with Crippen molar-refractivity contribution in [1.29, 1.82) is 0 Å². The number of thiazole rings is 1. The van der Waals surface area contributed by atoms with Crippen LogP contribution >= 0.6 is 11.3 Å². The molecule has 2 amide bonds. The van der Waals surface area contributed by atoms with Gasteiger partial charge in [-0.25, -0.2) is 9.37 Å². The van der Waals surface area contributed by atoms with E-state index in [1.807, 2.05) is 36.9 Å². The maximum atomic E-state index is 13.7. The monoisotopic (exact) mass is 507 g/mol. The normalized spacial score (nSPS) is 17.1. The van der Waals surface area contributed by atoms with Crippen LogP contribution in [0.15, 0.2) is 47.8 Å². The number of hydrogen-bond acceptors (Lipinski definition) is 5. The zero-order valence-corrected chi connectivity index (χ0v) is 21.3. The molecule has 1 aliphatic heterocycles. The van der Waals surface area contributed by atoms with Gasteiger partial charge in [0.1, 0.15) is 28.9 Å². The number of nitrogens with one attached hydrogen (secondary N) is 1. The summed E-state index contributed by atoms with van der Waals surface area (Å²) in [5, 5.41) is 5.33. The highest BCUT2D eigenvalue weighted by atomic mass is 32.1. The van der Waals surface area contributed by atoms with Crippen molar-refractivity contribution in [3.05, 3.63) is 81.1 Å². The molecule has 1 fully saturated rings. The molecule has 5 rings (SSSR count). The predicted octanol–water partition coefficient (Wildman–Crippen LogP) is 5.13. The Kier molecular flexibility index (Phi) is 7.05. The minimum Gasteiger partial charge on any atom is -0.486 e. The van der Waals surface area contributed by atoms with Gasteiger partial charge in [0.2, 0.25) is 5.91 Å². The molecule has 0 saturated heterocycles. The van der Waals surface area contributed by atoms with E-state index >= 15 is 0 Å². The molecule has 1 saturated carbocycles. The van der Waals surface area contributed by atoms with E-state index in [-0.39, 0.29) is 36.2 Å². The first kappa shape index (κ1) is 24.4. The summed E-state index contributed by atoms with van der Waals surface area (Å²) >= 11 is 1.39. The van der Waals surface area contributed by atoms with E-state index in [1.54, 1.807) is 17.5 Å². The molecule has 0 bridgehead atoms. The van der Waals surface area contributed by atoms with Crippen molar-refractivity contribution in [3.63, 3.8) is 0 Å². The summed E-state index contributed by atoms with van der Waals surface area (Å²) in [4.78, 5) is 31.8. The number of ether oxygens (including phenoxy) is 1. The summed E-state index contributed by atoms with van der Waals surface area (Å²) in [7, 11) is 0. The molecule has 1 unspecified atom stereocenters. The van der Waals surface area contributed by atoms with Gasteiger partial charge >= 0.3 is 0 Å². The first-order valence-corrected chi connectivity index (χ1v) is 13.3. The van der Waals surface area contributed by atoms with Crippen LogP contribution in [0.4, 0.5) is 4.39 Å². The van der Waals surface area contributed by atoms with E-state index in [1.165, 1.54) is 23.5 Å². The largest absolute Gasteiger partial charge is 0.486 e. The van der Waals surface area contributed by atoms with Gasteiger partial charge in [-0.2, -0.15) is 0 Å².